The van der Waals surface area contributed by atoms with Crippen LogP contribution in [0.3, 0.4) is 0 Å². The first-order chi connectivity index (χ1) is 11.1. The van der Waals surface area contributed by atoms with E-state index in [1.807, 2.05) is 20.0 Å². The second kappa shape index (κ2) is 6.44. The van der Waals surface area contributed by atoms with Crippen molar-refractivity contribution in [3.05, 3.63) is 56.9 Å². The number of aromatic amines is 1. The molecule has 0 saturated heterocycles. The molecule has 2 rings (SSSR count). The van der Waals surface area contributed by atoms with E-state index in [2.05, 4.69) is 14.9 Å². The molecule has 0 bridgehead atoms. The summed E-state index contributed by atoms with van der Waals surface area (Å²) >= 11 is 0. The molecule has 0 saturated carbocycles. The number of aryl methyl sites for hydroxylation is 3. The molecule has 0 radical (unpaired) electrons. The molecular weight excluding hydrogens is 332 g/mol. The van der Waals surface area contributed by atoms with Crippen molar-refractivity contribution >= 4 is 21.4 Å². The van der Waals surface area contributed by atoms with E-state index in [9.17, 15) is 18.5 Å². The number of hydrogen-bond acceptors (Lipinski definition) is 5. The van der Waals surface area contributed by atoms with Gasteiger partial charge in [-0.1, -0.05) is 6.07 Å². The zero-order valence-electron chi connectivity index (χ0n) is 13.7. The Bertz CT molecular complexity index is 909. The van der Waals surface area contributed by atoms with Crippen LogP contribution in [-0.2, 0) is 10.0 Å². The lowest BCUT2D eigenvalue weighted by Gasteiger charge is -2.07. The zero-order valence-corrected chi connectivity index (χ0v) is 14.6. The van der Waals surface area contributed by atoms with Gasteiger partial charge in [-0.15, -0.1) is 0 Å². The van der Waals surface area contributed by atoms with Gasteiger partial charge in [0.15, 0.2) is 0 Å². The molecule has 1 aromatic heterocycles. The number of H-pyrrole nitrogens is 1. The van der Waals surface area contributed by atoms with Gasteiger partial charge in [0.25, 0.3) is 15.7 Å². The number of hydrazone groups is 1. The third kappa shape index (κ3) is 3.46. The van der Waals surface area contributed by atoms with Gasteiger partial charge in [0, 0.05) is 29.1 Å². The molecule has 0 aliphatic rings. The fourth-order valence-electron chi connectivity index (χ4n) is 2.40. The molecule has 0 aliphatic heterocycles. The predicted molar refractivity (Wildman–Crippen MR) is 90.6 cm³/mol. The van der Waals surface area contributed by atoms with E-state index in [4.69, 9.17) is 0 Å². The maximum atomic E-state index is 12.3. The Labute approximate surface area is 139 Å². The van der Waals surface area contributed by atoms with Crippen molar-refractivity contribution in [2.75, 3.05) is 0 Å². The van der Waals surface area contributed by atoms with Crippen LogP contribution in [0.2, 0.25) is 0 Å². The minimum Gasteiger partial charge on any atom is -0.364 e. The summed E-state index contributed by atoms with van der Waals surface area (Å²) in [5.74, 6) is 0. The Balaban J connectivity index is 2.34. The van der Waals surface area contributed by atoms with Crippen LogP contribution >= 0.6 is 0 Å². The highest BCUT2D eigenvalue weighted by atomic mass is 32.2. The lowest BCUT2D eigenvalue weighted by molar-refractivity contribution is -0.385. The number of hydrogen-bond donors (Lipinski definition) is 2. The third-order valence-corrected chi connectivity index (χ3v) is 4.86. The Morgan fingerprint density at radius 3 is 2.46 bits per heavy atom. The van der Waals surface area contributed by atoms with Gasteiger partial charge in [0.05, 0.1) is 15.5 Å². The summed E-state index contributed by atoms with van der Waals surface area (Å²) in [7, 11) is -4.00. The number of nitrogens with zero attached hydrogens (tertiary/aromatic N) is 2. The van der Waals surface area contributed by atoms with Gasteiger partial charge in [-0.3, -0.25) is 10.1 Å². The van der Waals surface area contributed by atoms with Crippen LogP contribution in [-0.4, -0.2) is 24.0 Å². The first-order valence-corrected chi connectivity index (χ1v) is 8.58. The molecule has 0 unspecified atom stereocenters. The molecule has 0 amide bonds. The fourth-order valence-corrected chi connectivity index (χ4v) is 3.28. The van der Waals surface area contributed by atoms with Gasteiger partial charge in [-0.2, -0.15) is 18.4 Å². The van der Waals surface area contributed by atoms with Crippen LogP contribution in [0.1, 0.15) is 29.3 Å². The Morgan fingerprint density at radius 1 is 1.25 bits per heavy atom. The molecule has 0 spiro atoms. The van der Waals surface area contributed by atoms with Crippen LogP contribution in [0.15, 0.2) is 34.4 Å². The molecule has 9 heteroatoms. The van der Waals surface area contributed by atoms with Gasteiger partial charge in [-0.25, -0.2) is 0 Å². The average Bonchev–Trinajstić information content (AvgIpc) is 2.84. The molecule has 1 heterocycles. The molecule has 2 aromatic rings. The third-order valence-electron chi connectivity index (χ3n) is 3.66. The summed E-state index contributed by atoms with van der Waals surface area (Å²) < 4.78 is 24.6. The number of sulfonamides is 1. The summed E-state index contributed by atoms with van der Waals surface area (Å²) in [4.78, 5) is 15.3. The normalized spacial score (nSPS) is 12.2. The maximum Gasteiger partial charge on any atom is 0.276 e. The lowest BCUT2D eigenvalue weighted by Crippen LogP contribution is -2.20. The summed E-state index contributed by atoms with van der Waals surface area (Å²) in [6, 6.07) is 3.72. The topological polar surface area (TPSA) is 117 Å². The van der Waals surface area contributed by atoms with Gasteiger partial charge >= 0.3 is 0 Å². The predicted octanol–water partition coefficient (Wildman–Crippen LogP) is 2.55. The van der Waals surface area contributed by atoms with Crippen molar-refractivity contribution in [3.8, 4) is 0 Å². The number of nitro benzene ring substituents is 1. The standard InChI is InChI=1S/C15H18N4O4S/c1-9-5-6-13(7-14(9)19(20)21)24(22,23)18-17-12(4)15-10(2)8-16-11(15)3/h5-8,16,18H,1-4H3/b17-12+. The number of aromatic nitrogens is 1. The SMILES string of the molecule is C/C(=N\NS(=O)(=O)c1ccc(C)c([N+](=O)[O-])c1)c1c(C)c[nH]c1C. The largest absolute Gasteiger partial charge is 0.364 e. The maximum absolute atomic E-state index is 12.3. The highest BCUT2D eigenvalue weighted by Crippen LogP contribution is 2.22. The first kappa shape index (κ1) is 17.7. The molecule has 8 nitrogen and oxygen atoms in total. The number of nitrogens with one attached hydrogen (secondary N) is 2. The Hall–Kier alpha value is -2.68. The summed E-state index contributed by atoms with van der Waals surface area (Å²) in [6.45, 7) is 6.97. The van der Waals surface area contributed by atoms with Crippen molar-refractivity contribution in [2.24, 2.45) is 5.10 Å². The second-order valence-corrected chi connectivity index (χ2v) is 7.13. The number of rotatable bonds is 5. The van der Waals surface area contributed by atoms with E-state index in [0.29, 0.717) is 11.3 Å². The average molecular weight is 350 g/mol. The second-order valence-electron chi connectivity index (χ2n) is 5.47. The van der Waals surface area contributed by atoms with Crippen molar-refractivity contribution in [3.63, 3.8) is 0 Å². The first-order valence-electron chi connectivity index (χ1n) is 7.09. The van der Waals surface area contributed by atoms with E-state index < -0.39 is 14.9 Å². The van der Waals surface area contributed by atoms with Crippen LogP contribution in [0, 0.1) is 30.9 Å². The van der Waals surface area contributed by atoms with Gasteiger partial charge in [0.2, 0.25) is 0 Å². The van der Waals surface area contributed by atoms with Crippen molar-refractivity contribution in [1.82, 2.24) is 9.82 Å². The minimum absolute atomic E-state index is 0.209. The van der Waals surface area contributed by atoms with Crippen molar-refractivity contribution < 1.29 is 13.3 Å². The Kier molecular flexibility index (Phi) is 4.74. The van der Waals surface area contributed by atoms with Crippen LogP contribution in [0.4, 0.5) is 5.69 Å². The van der Waals surface area contributed by atoms with Crippen molar-refractivity contribution in [1.29, 1.82) is 0 Å². The quantitative estimate of drug-likeness (QED) is 0.489. The molecular formula is C15H18N4O4S. The fraction of sp³-hybridized carbons (Fsp3) is 0.267. The van der Waals surface area contributed by atoms with E-state index >= 15 is 0 Å². The summed E-state index contributed by atoms with van der Waals surface area (Å²) in [5, 5.41) is 14.9. The molecule has 24 heavy (non-hydrogen) atoms. The molecule has 0 fully saturated rings. The van der Waals surface area contributed by atoms with E-state index in [0.717, 1.165) is 22.9 Å². The summed E-state index contributed by atoms with van der Waals surface area (Å²) in [5.41, 5.74) is 3.27. The molecule has 128 valence electrons. The van der Waals surface area contributed by atoms with E-state index in [1.54, 1.807) is 13.8 Å². The van der Waals surface area contributed by atoms with Crippen LogP contribution in [0.25, 0.3) is 0 Å². The highest BCUT2D eigenvalue weighted by Gasteiger charge is 2.19. The van der Waals surface area contributed by atoms with Gasteiger partial charge in [0.1, 0.15) is 0 Å². The summed E-state index contributed by atoms with van der Waals surface area (Å²) in [6.07, 6.45) is 1.81. The molecule has 2 N–H and O–H groups in total. The van der Waals surface area contributed by atoms with Gasteiger partial charge < -0.3 is 4.98 Å². The zero-order chi connectivity index (χ0) is 18.1. The lowest BCUT2D eigenvalue weighted by atomic mass is 10.1. The highest BCUT2D eigenvalue weighted by molar-refractivity contribution is 7.89. The smallest absolute Gasteiger partial charge is 0.276 e. The number of nitro groups is 1. The van der Waals surface area contributed by atoms with E-state index in [1.165, 1.54) is 12.1 Å². The van der Waals surface area contributed by atoms with E-state index in [-0.39, 0.29) is 10.6 Å². The molecule has 0 atom stereocenters. The Morgan fingerprint density at radius 2 is 1.92 bits per heavy atom. The van der Waals surface area contributed by atoms with Crippen molar-refractivity contribution in [2.45, 2.75) is 32.6 Å². The molecule has 0 aliphatic carbocycles. The van der Waals surface area contributed by atoms with Crippen LogP contribution < -0.4 is 4.83 Å². The van der Waals surface area contributed by atoms with Crippen LogP contribution in [0.5, 0.6) is 0 Å². The molecule has 1 aromatic carbocycles. The monoisotopic (exact) mass is 350 g/mol. The number of benzene rings is 1. The van der Waals surface area contributed by atoms with Gasteiger partial charge in [-0.05, 0) is 39.3 Å². The minimum atomic E-state index is -4.00.